The molecule has 3 nitrogen and oxygen atoms in total. The van der Waals surface area contributed by atoms with Crippen molar-refractivity contribution in [3.63, 3.8) is 0 Å². The van der Waals surface area contributed by atoms with E-state index in [1.54, 1.807) is 48.5 Å². The SMILES string of the molecule is C=C=CCN(c1ccc(Cl)cc1I)S(=O)(=O)c1ccc(C)cc1. The average Bonchev–Trinajstić information content (AvgIpc) is 2.49. The van der Waals surface area contributed by atoms with E-state index in [-0.39, 0.29) is 11.4 Å². The van der Waals surface area contributed by atoms with Crippen molar-refractivity contribution < 1.29 is 8.42 Å². The van der Waals surface area contributed by atoms with Gasteiger partial charge < -0.3 is 0 Å². The Bertz CT molecular complexity index is 857. The molecule has 0 fully saturated rings. The highest BCUT2D eigenvalue weighted by Gasteiger charge is 2.25. The van der Waals surface area contributed by atoms with E-state index in [4.69, 9.17) is 11.6 Å². The molecule has 0 spiro atoms. The first-order valence-electron chi connectivity index (χ1n) is 6.75. The summed E-state index contributed by atoms with van der Waals surface area (Å²) in [6.45, 7) is 5.57. The molecule has 0 aromatic heterocycles. The predicted molar refractivity (Wildman–Crippen MR) is 104 cm³/mol. The van der Waals surface area contributed by atoms with Crippen LogP contribution in [0.15, 0.2) is 65.7 Å². The van der Waals surface area contributed by atoms with Gasteiger partial charge in [-0.15, -0.1) is 5.73 Å². The fraction of sp³-hybridized carbons (Fsp3) is 0.118. The standard InChI is InChI=1S/C17H15ClINO2S/c1-3-4-11-20(17-10-7-14(18)12-16(17)19)23(21,22)15-8-5-13(2)6-9-15/h4-10,12H,1,11H2,2H3. The summed E-state index contributed by atoms with van der Waals surface area (Å²) in [5.41, 5.74) is 4.20. The third-order valence-electron chi connectivity index (χ3n) is 3.19. The van der Waals surface area contributed by atoms with Crippen LogP contribution in [-0.2, 0) is 10.0 Å². The molecule has 0 bridgehead atoms. The van der Waals surface area contributed by atoms with Crippen molar-refractivity contribution in [2.75, 3.05) is 10.8 Å². The van der Waals surface area contributed by atoms with Gasteiger partial charge in [0.25, 0.3) is 10.0 Å². The van der Waals surface area contributed by atoms with E-state index in [9.17, 15) is 8.42 Å². The van der Waals surface area contributed by atoms with Gasteiger partial charge in [0, 0.05) is 8.59 Å². The zero-order valence-electron chi connectivity index (χ0n) is 12.5. The molecule has 23 heavy (non-hydrogen) atoms. The second-order valence-electron chi connectivity index (χ2n) is 4.85. The van der Waals surface area contributed by atoms with Gasteiger partial charge in [-0.25, -0.2) is 8.42 Å². The maximum Gasteiger partial charge on any atom is 0.264 e. The van der Waals surface area contributed by atoms with Crippen molar-refractivity contribution in [2.24, 2.45) is 0 Å². The first-order valence-corrected chi connectivity index (χ1v) is 9.64. The Morgan fingerprint density at radius 1 is 1.26 bits per heavy atom. The maximum absolute atomic E-state index is 13.0. The zero-order chi connectivity index (χ0) is 17.0. The molecule has 0 aliphatic rings. The topological polar surface area (TPSA) is 37.4 Å². The van der Waals surface area contributed by atoms with Crippen molar-refractivity contribution in [2.45, 2.75) is 11.8 Å². The van der Waals surface area contributed by atoms with Gasteiger partial charge in [0.1, 0.15) is 0 Å². The van der Waals surface area contributed by atoms with Crippen LogP contribution in [0.3, 0.4) is 0 Å². The van der Waals surface area contributed by atoms with Crippen molar-refractivity contribution in [3.8, 4) is 0 Å². The number of benzene rings is 2. The van der Waals surface area contributed by atoms with Crippen molar-refractivity contribution >= 4 is 49.9 Å². The van der Waals surface area contributed by atoms with E-state index in [1.165, 1.54) is 4.31 Å². The van der Waals surface area contributed by atoms with Crippen LogP contribution in [0.25, 0.3) is 0 Å². The second-order valence-corrected chi connectivity index (χ2v) is 8.31. The van der Waals surface area contributed by atoms with Gasteiger partial charge >= 0.3 is 0 Å². The Balaban J connectivity index is 2.57. The van der Waals surface area contributed by atoms with E-state index in [1.807, 2.05) is 6.92 Å². The number of aryl methyl sites for hydroxylation is 1. The quantitative estimate of drug-likeness (QED) is 0.476. The van der Waals surface area contributed by atoms with E-state index in [0.29, 0.717) is 10.7 Å². The number of rotatable bonds is 5. The lowest BCUT2D eigenvalue weighted by Gasteiger charge is -2.24. The Kier molecular flexibility index (Phi) is 5.92. The molecule has 0 unspecified atom stereocenters. The Morgan fingerprint density at radius 3 is 2.48 bits per heavy atom. The molecule has 2 rings (SSSR count). The molecule has 0 aliphatic heterocycles. The average molecular weight is 460 g/mol. The highest BCUT2D eigenvalue weighted by Crippen LogP contribution is 2.30. The van der Waals surface area contributed by atoms with Crippen LogP contribution in [0.5, 0.6) is 0 Å². The molecule has 0 N–H and O–H groups in total. The molecule has 0 amide bonds. The molecule has 0 atom stereocenters. The molecule has 0 radical (unpaired) electrons. The third-order valence-corrected chi connectivity index (χ3v) is 6.08. The summed E-state index contributed by atoms with van der Waals surface area (Å²) in [5.74, 6) is 0. The van der Waals surface area contributed by atoms with Crippen molar-refractivity contribution in [3.05, 3.63) is 75.0 Å². The molecule has 0 heterocycles. The normalized spacial score (nSPS) is 10.9. The zero-order valence-corrected chi connectivity index (χ0v) is 16.2. The van der Waals surface area contributed by atoms with Crippen LogP contribution in [0.2, 0.25) is 5.02 Å². The minimum absolute atomic E-state index is 0.150. The number of hydrogen-bond acceptors (Lipinski definition) is 2. The first-order chi connectivity index (χ1) is 10.9. The summed E-state index contributed by atoms with van der Waals surface area (Å²) in [4.78, 5) is 0.242. The summed E-state index contributed by atoms with van der Waals surface area (Å²) in [5, 5.41) is 0.560. The monoisotopic (exact) mass is 459 g/mol. The van der Waals surface area contributed by atoms with Gasteiger partial charge in [0.15, 0.2) is 0 Å². The number of nitrogens with zero attached hydrogens (tertiary/aromatic N) is 1. The Morgan fingerprint density at radius 2 is 1.91 bits per heavy atom. The number of anilines is 1. The number of sulfonamides is 1. The molecular weight excluding hydrogens is 445 g/mol. The molecule has 0 aliphatic carbocycles. The Hall–Kier alpha value is -1.27. The van der Waals surface area contributed by atoms with Gasteiger partial charge in [0.2, 0.25) is 0 Å². The highest BCUT2D eigenvalue weighted by molar-refractivity contribution is 14.1. The highest BCUT2D eigenvalue weighted by atomic mass is 127. The van der Waals surface area contributed by atoms with Crippen LogP contribution in [0.1, 0.15) is 5.56 Å². The predicted octanol–water partition coefficient (Wildman–Crippen LogP) is 4.79. The summed E-state index contributed by atoms with van der Waals surface area (Å²) in [7, 11) is -3.69. The largest absolute Gasteiger partial charge is 0.264 e. The van der Waals surface area contributed by atoms with Gasteiger partial charge in [-0.3, -0.25) is 4.31 Å². The molecule has 120 valence electrons. The molecule has 2 aromatic carbocycles. The van der Waals surface area contributed by atoms with Crippen LogP contribution in [0, 0.1) is 10.5 Å². The minimum atomic E-state index is -3.69. The van der Waals surface area contributed by atoms with Crippen LogP contribution in [0.4, 0.5) is 5.69 Å². The fourth-order valence-corrected chi connectivity index (χ4v) is 4.74. The van der Waals surface area contributed by atoms with Crippen molar-refractivity contribution in [1.29, 1.82) is 0 Å². The second kappa shape index (κ2) is 7.53. The minimum Gasteiger partial charge on any atom is -0.261 e. The lowest BCUT2D eigenvalue weighted by molar-refractivity contribution is 0.592. The lowest BCUT2D eigenvalue weighted by atomic mass is 10.2. The van der Waals surface area contributed by atoms with E-state index >= 15 is 0 Å². The van der Waals surface area contributed by atoms with Gasteiger partial charge in [0.05, 0.1) is 17.1 Å². The summed E-state index contributed by atoms with van der Waals surface area (Å²) in [6, 6.07) is 11.9. The molecule has 0 saturated carbocycles. The summed E-state index contributed by atoms with van der Waals surface area (Å²) < 4.78 is 28.1. The number of halogens is 2. The van der Waals surface area contributed by atoms with Gasteiger partial charge in [-0.05, 0) is 65.9 Å². The van der Waals surface area contributed by atoms with E-state index in [0.717, 1.165) is 9.13 Å². The van der Waals surface area contributed by atoms with Gasteiger partial charge in [-0.1, -0.05) is 35.9 Å². The summed E-state index contributed by atoms with van der Waals surface area (Å²) >= 11 is 8.05. The van der Waals surface area contributed by atoms with E-state index in [2.05, 4.69) is 34.9 Å². The number of hydrogen-bond donors (Lipinski definition) is 0. The maximum atomic E-state index is 13.0. The summed E-state index contributed by atoms with van der Waals surface area (Å²) in [6.07, 6.45) is 1.58. The molecule has 0 saturated heterocycles. The first kappa shape index (κ1) is 18.1. The lowest BCUT2D eigenvalue weighted by Crippen LogP contribution is -2.31. The molecule has 2 aromatic rings. The molecular formula is C17H15ClINO2S. The fourth-order valence-electron chi connectivity index (χ4n) is 1.99. The van der Waals surface area contributed by atoms with Crippen LogP contribution >= 0.6 is 34.2 Å². The van der Waals surface area contributed by atoms with Gasteiger partial charge in [-0.2, -0.15) is 0 Å². The van der Waals surface area contributed by atoms with Crippen molar-refractivity contribution in [1.82, 2.24) is 0 Å². The van der Waals surface area contributed by atoms with Crippen LogP contribution < -0.4 is 4.31 Å². The van der Waals surface area contributed by atoms with E-state index < -0.39 is 10.0 Å². The Labute approximate surface area is 155 Å². The van der Waals surface area contributed by atoms with Crippen LogP contribution in [-0.4, -0.2) is 15.0 Å². The molecule has 6 heteroatoms. The third kappa shape index (κ3) is 4.18. The smallest absolute Gasteiger partial charge is 0.261 e.